The number of hydrogen-bond donors (Lipinski definition) is 1. The van der Waals surface area contributed by atoms with E-state index >= 15 is 0 Å². The van der Waals surface area contributed by atoms with Gasteiger partial charge < -0.3 is 5.11 Å². The number of phenols is 1. The van der Waals surface area contributed by atoms with Crippen molar-refractivity contribution in [2.45, 2.75) is 62.2 Å². The first-order valence-electron chi connectivity index (χ1n) is 12.4. The molecule has 0 aliphatic rings. The first-order chi connectivity index (χ1) is 17.0. The second-order valence-corrected chi connectivity index (χ2v) is 12.2. The minimum atomic E-state index is -0.219. The average molecular weight is 494 g/mol. The molecule has 4 rings (SSSR count). The van der Waals surface area contributed by atoms with Crippen LogP contribution in [-0.2, 0) is 10.8 Å². The van der Waals surface area contributed by atoms with Gasteiger partial charge in [0.15, 0.2) is 0 Å². The molecule has 0 amide bonds. The Balaban J connectivity index is 1.97. The Morgan fingerprint density at radius 3 is 1.89 bits per heavy atom. The maximum atomic E-state index is 11.6. The maximum absolute atomic E-state index is 11.6. The molecule has 0 fully saturated rings. The normalized spacial score (nSPS) is 12.6. The Morgan fingerprint density at radius 2 is 1.28 bits per heavy atom. The van der Waals surface area contributed by atoms with E-state index in [1.54, 1.807) is 11.8 Å². The lowest BCUT2D eigenvalue weighted by atomic mass is 9.78. The molecular formula is C33H35NOS. The van der Waals surface area contributed by atoms with E-state index in [0.717, 1.165) is 37.9 Å². The summed E-state index contributed by atoms with van der Waals surface area (Å²) in [7, 11) is 0. The molecule has 4 aromatic carbocycles. The molecule has 2 nitrogen and oxygen atoms in total. The van der Waals surface area contributed by atoms with E-state index in [-0.39, 0.29) is 10.8 Å². The maximum Gasteiger partial charge on any atom is 0.128 e. The summed E-state index contributed by atoms with van der Waals surface area (Å²) in [4.78, 5) is 7.47. The Hall–Kier alpha value is -3.30. The molecule has 0 saturated heterocycles. The third kappa shape index (κ3) is 5.91. The standard InChI is InChI=1S/C33H35NOS/c1-32(2,3)24-21-26(31(35)27(22-24)33(4,5)6)30(23-15-9-7-10-16-23)34-28-19-13-14-20-29(28)36-25-17-11-8-12-18-25/h7-22,35H,1-6H3. The number of aromatic hydroxyl groups is 1. The molecule has 0 saturated carbocycles. The van der Waals surface area contributed by atoms with Crippen LogP contribution in [0, 0.1) is 0 Å². The van der Waals surface area contributed by atoms with Gasteiger partial charge in [0.2, 0.25) is 0 Å². The van der Waals surface area contributed by atoms with Crippen molar-refractivity contribution in [3.05, 3.63) is 119 Å². The summed E-state index contributed by atoms with van der Waals surface area (Å²) < 4.78 is 0. The van der Waals surface area contributed by atoms with Crippen molar-refractivity contribution in [1.29, 1.82) is 0 Å². The number of phenolic OH excluding ortho intramolecular Hbond substituents is 1. The average Bonchev–Trinajstić information content (AvgIpc) is 2.83. The smallest absolute Gasteiger partial charge is 0.128 e. The van der Waals surface area contributed by atoms with Crippen molar-refractivity contribution in [3.63, 3.8) is 0 Å². The summed E-state index contributed by atoms with van der Waals surface area (Å²) >= 11 is 1.70. The minimum absolute atomic E-state index is 0.0781. The number of nitrogens with zero attached hydrogens (tertiary/aromatic N) is 1. The van der Waals surface area contributed by atoms with Gasteiger partial charge in [-0.3, -0.25) is 0 Å². The van der Waals surface area contributed by atoms with Crippen LogP contribution in [0.15, 0.2) is 112 Å². The van der Waals surface area contributed by atoms with Crippen LogP contribution in [0.3, 0.4) is 0 Å². The van der Waals surface area contributed by atoms with E-state index in [4.69, 9.17) is 4.99 Å². The first-order valence-corrected chi connectivity index (χ1v) is 13.2. The second-order valence-electron chi connectivity index (χ2n) is 11.1. The van der Waals surface area contributed by atoms with E-state index in [1.807, 2.05) is 54.6 Å². The molecule has 0 aliphatic carbocycles. The van der Waals surface area contributed by atoms with Crippen LogP contribution in [0.4, 0.5) is 5.69 Å². The number of benzene rings is 4. The van der Waals surface area contributed by atoms with Crippen LogP contribution < -0.4 is 0 Å². The van der Waals surface area contributed by atoms with E-state index < -0.39 is 0 Å². The van der Waals surface area contributed by atoms with Crippen LogP contribution in [0.5, 0.6) is 5.75 Å². The third-order valence-electron chi connectivity index (χ3n) is 6.15. The van der Waals surface area contributed by atoms with E-state index in [1.165, 1.54) is 5.56 Å². The van der Waals surface area contributed by atoms with Crippen LogP contribution in [0.25, 0.3) is 0 Å². The van der Waals surface area contributed by atoms with Gasteiger partial charge >= 0.3 is 0 Å². The lowest BCUT2D eigenvalue weighted by Crippen LogP contribution is -2.19. The van der Waals surface area contributed by atoms with Crippen LogP contribution in [-0.4, -0.2) is 10.8 Å². The zero-order valence-corrected chi connectivity index (χ0v) is 22.9. The summed E-state index contributed by atoms with van der Waals surface area (Å²) in [6, 6.07) is 33.0. The second kappa shape index (κ2) is 10.4. The molecular weight excluding hydrogens is 458 g/mol. The van der Waals surface area contributed by atoms with Crippen molar-refractivity contribution >= 4 is 23.2 Å². The van der Waals surface area contributed by atoms with Gasteiger partial charge in [-0.25, -0.2) is 4.99 Å². The van der Waals surface area contributed by atoms with Crippen molar-refractivity contribution in [1.82, 2.24) is 0 Å². The molecule has 0 radical (unpaired) electrons. The molecule has 36 heavy (non-hydrogen) atoms. The molecule has 3 heteroatoms. The number of hydrogen-bond acceptors (Lipinski definition) is 3. The van der Waals surface area contributed by atoms with Gasteiger partial charge in [-0.1, -0.05) is 120 Å². The Labute approximate surface area is 220 Å². The van der Waals surface area contributed by atoms with Crippen LogP contribution in [0.1, 0.15) is 63.8 Å². The summed E-state index contributed by atoms with van der Waals surface area (Å²) in [6.07, 6.45) is 0. The van der Waals surface area contributed by atoms with Crippen molar-refractivity contribution in [2.24, 2.45) is 4.99 Å². The molecule has 0 heterocycles. The van der Waals surface area contributed by atoms with Gasteiger partial charge in [-0.05, 0) is 46.7 Å². The zero-order valence-electron chi connectivity index (χ0n) is 22.0. The van der Waals surface area contributed by atoms with Gasteiger partial charge in [0.1, 0.15) is 5.75 Å². The largest absolute Gasteiger partial charge is 0.507 e. The van der Waals surface area contributed by atoms with Crippen LogP contribution in [0.2, 0.25) is 0 Å². The molecule has 4 aromatic rings. The molecule has 0 aromatic heterocycles. The Morgan fingerprint density at radius 1 is 0.694 bits per heavy atom. The van der Waals surface area contributed by atoms with Gasteiger partial charge in [-0.15, -0.1) is 0 Å². The highest BCUT2D eigenvalue weighted by Crippen LogP contribution is 2.40. The summed E-state index contributed by atoms with van der Waals surface area (Å²) in [5.41, 5.74) is 5.19. The van der Waals surface area contributed by atoms with E-state index in [9.17, 15) is 5.11 Å². The highest BCUT2D eigenvalue weighted by molar-refractivity contribution is 7.99. The molecule has 0 unspecified atom stereocenters. The quantitative estimate of drug-likeness (QED) is 0.281. The molecule has 1 N–H and O–H groups in total. The van der Waals surface area contributed by atoms with E-state index in [0.29, 0.717) is 5.75 Å². The minimum Gasteiger partial charge on any atom is -0.507 e. The van der Waals surface area contributed by atoms with Crippen molar-refractivity contribution in [2.75, 3.05) is 0 Å². The Bertz CT molecular complexity index is 1360. The number of para-hydroxylation sites is 1. The van der Waals surface area contributed by atoms with E-state index in [2.05, 4.69) is 84.0 Å². The van der Waals surface area contributed by atoms with Gasteiger partial charge in [0, 0.05) is 26.5 Å². The predicted octanol–water partition coefficient (Wildman–Crippen LogP) is 9.31. The lowest BCUT2D eigenvalue weighted by Gasteiger charge is -2.28. The predicted molar refractivity (Wildman–Crippen MR) is 154 cm³/mol. The van der Waals surface area contributed by atoms with Crippen molar-refractivity contribution in [3.8, 4) is 5.75 Å². The zero-order chi connectivity index (χ0) is 25.9. The van der Waals surface area contributed by atoms with Gasteiger partial charge in [0.05, 0.1) is 11.4 Å². The number of aliphatic imine (C=N–C) groups is 1. The lowest BCUT2D eigenvalue weighted by molar-refractivity contribution is 0.443. The first kappa shape index (κ1) is 25.8. The van der Waals surface area contributed by atoms with Gasteiger partial charge in [0.25, 0.3) is 0 Å². The molecule has 0 spiro atoms. The Kier molecular flexibility index (Phi) is 7.42. The highest BCUT2D eigenvalue weighted by atomic mass is 32.2. The highest BCUT2D eigenvalue weighted by Gasteiger charge is 2.27. The summed E-state index contributed by atoms with van der Waals surface area (Å²) in [6.45, 7) is 13.1. The third-order valence-corrected chi connectivity index (χ3v) is 7.23. The summed E-state index contributed by atoms with van der Waals surface area (Å²) in [5, 5.41) is 11.6. The van der Waals surface area contributed by atoms with Crippen LogP contribution >= 0.6 is 11.8 Å². The molecule has 0 atom stereocenters. The molecule has 0 bridgehead atoms. The topological polar surface area (TPSA) is 32.6 Å². The van der Waals surface area contributed by atoms with Gasteiger partial charge in [-0.2, -0.15) is 0 Å². The fourth-order valence-corrected chi connectivity index (χ4v) is 4.98. The molecule has 0 aliphatic heterocycles. The molecule has 184 valence electrons. The fourth-order valence-electron chi connectivity index (χ4n) is 4.07. The fraction of sp³-hybridized carbons (Fsp3) is 0.242. The van der Waals surface area contributed by atoms with Crippen molar-refractivity contribution < 1.29 is 5.11 Å². The SMILES string of the molecule is CC(C)(C)c1cc(C(=Nc2ccccc2Sc2ccccc2)c2ccccc2)c(O)c(C(C)(C)C)c1. The monoisotopic (exact) mass is 493 g/mol. The summed E-state index contributed by atoms with van der Waals surface area (Å²) in [5.74, 6) is 0.297. The number of rotatable bonds is 5.